The van der Waals surface area contributed by atoms with Crippen LogP contribution in [0.4, 0.5) is 11.4 Å². The van der Waals surface area contributed by atoms with Crippen LogP contribution in [0.3, 0.4) is 0 Å². The van der Waals surface area contributed by atoms with Crippen molar-refractivity contribution in [3.05, 3.63) is 58.6 Å². The molecule has 0 spiro atoms. The second-order valence-corrected chi connectivity index (χ2v) is 5.79. The number of anilines is 2. The van der Waals surface area contributed by atoms with Crippen molar-refractivity contribution in [2.24, 2.45) is 0 Å². The van der Waals surface area contributed by atoms with Crippen molar-refractivity contribution in [3.8, 4) is 0 Å². The molecule has 0 aromatic heterocycles. The summed E-state index contributed by atoms with van der Waals surface area (Å²) in [5.74, 6) is 0. The number of hydrogen-bond acceptors (Lipinski definition) is 2. The highest BCUT2D eigenvalue weighted by Gasteiger charge is 2.28. The van der Waals surface area contributed by atoms with Gasteiger partial charge in [0.2, 0.25) is 0 Å². The summed E-state index contributed by atoms with van der Waals surface area (Å²) in [5.41, 5.74) is 5.23. The third kappa shape index (κ3) is 2.30. The Morgan fingerprint density at radius 3 is 2.80 bits per heavy atom. The van der Waals surface area contributed by atoms with Crippen LogP contribution in [0.2, 0.25) is 5.02 Å². The minimum Gasteiger partial charge on any atom is -0.338 e. The van der Waals surface area contributed by atoms with Crippen LogP contribution >= 0.6 is 11.6 Å². The minimum atomic E-state index is 0.476. The fraction of sp³-hybridized carbons (Fsp3) is 0.294. The fourth-order valence-corrected chi connectivity index (χ4v) is 3.25. The molecule has 2 nitrogen and oxygen atoms in total. The number of fused-ring (bicyclic) bond motifs is 1. The van der Waals surface area contributed by atoms with Gasteiger partial charge in [0.05, 0.1) is 0 Å². The number of nitrogens with one attached hydrogen (secondary N) is 1. The van der Waals surface area contributed by atoms with E-state index in [0.717, 1.165) is 18.0 Å². The lowest BCUT2D eigenvalue weighted by atomic mass is 10.1. The zero-order valence-electron chi connectivity index (χ0n) is 11.9. The summed E-state index contributed by atoms with van der Waals surface area (Å²) in [5, 5.41) is 4.02. The highest BCUT2D eigenvalue weighted by Crippen LogP contribution is 2.40. The van der Waals surface area contributed by atoms with Crippen molar-refractivity contribution in [2.45, 2.75) is 25.9 Å². The Morgan fingerprint density at radius 2 is 2.00 bits per heavy atom. The third-order valence-electron chi connectivity index (χ3n) is 3.88. The summed E-state index contributed by atoms with van der Waals surface area (Å²) >= 11 is 6.15. The smallest absolute Gasteiger partial charge is 0.0460 e. The van der Waals surface area contributed by atoms with Gasteiger partial charge >= 0.3 is 0 Å². The van der Waals surface area contributed by atoms with E-state index in [-0.39, 0.29) is 0 Å². The maximum absolute atomic E-state index is 6.15. The first-order chi connectivity index (χ1) is 9.70. The van der Waals surface area contributed by atoms with Gasteiger partial charge in [-0.05, 0) is 55.8 Å². The molecule has 1 N–H and O–H groups in total. The second-order valence-electron chi connectivity index (χ2n) is 5.36. The number of nitrogens with zero attached hydrogens (tertiary/aromatic N) is 1. The van der Waals surface area contributed by atoms with E-state index in [1.165, 1.54) is 22.5 Å². The lowest BCUT2D eigenvalue weighted by Crippen LogP contribution is -2.25. The van der Waals surface area contributed by atoms with E-state index in [2.05, 4.69) is 53.5 Å². The average molecular weight is 287 g/mol. The summed E-state index contributed by atoms with van der Waals surface area (Å²) in [6.07, 6.45) is 1.10. The largest absolute Gasteiger partial charge is 0.338 e. The summed E-state index contributed by atoms with van der Waals surface area (Å²) in [6, 6.07) is 15.3. The summed E-state index contributed by atoms with van der Waals surface area (Å²) < 4.78 is 0. The molecule has 3 rings (SSSR count). The molecular weight excluding hydrogens is 268 g/mol. The molecule has 1 aliphatic rings. The van der Waals surface area contributed by atoms with Crippen molar-refractivity contribution in [3.63, 3.8) is 0 Å². The third-order valence-corrected chi connectivity index (χ3v) is 4.11. The highest BCUT2D eigenvalue weighted by molar-refractivity contribution is 6.30. The maximum atomic E-state index is 6.15. The Balaban J connectivity index is 2.09. The van der Waals surface area contributed by atoms with Crippen LogP contribution in [0, 0.1) is 0 Å². The Hall–Kier alpha value is -1.51. The molecule has 0 saturated heterocycles. The predicted molar refractivity (Wildman–Crippen MR) is 86.0 cm³/mol. The Morgan fingerprint density at radius 1 is 1.20 bits per heavy atom. The van der Waals surface area contributed by atoms with E-state index in [1.807, 2.05) is 13.1 Å². The number of para-hydroxylation sites is 1. The minimum absolute atomic E-state index is 0.476. The first-order valence-electron chi connectivity index (χ1n) is 7.01. The molecule has 1 atom stereocenters. The quantitative estimate of drug-likeness (QED) is 0.912. The molecule has 0 fully saturated rings. The monoisotopic (exact) mass is 286 g/mol. The number of halogens is 1. The van der Waals surface area contributed by atoms with Gasteiger partial charge in [0.15, 0.2) is 0 Å². The van der Waals surface area contributed by atoms with E-state index in [9.17, 15) is 0 Å². The number of benzene rings is 2. The molecule has 20 heavy (non-hydrogen) atoms. The molecule has 0 radical (unpaired) electrons. The molecule has 0 saturated carbocycles. The molecule has 104 valence electrons. The van der Waals surface area contributed by atoms with Crippen molar-refractivity contribution < 1.29 is 0 Å². The van der Waals surface area contributed by atoms with E-state index >= 15 is 0 Å². The van der Waals surface area contributed by atoms with Gasteiger partial charge in [-0.25, -0.2) is 0 Å². The van der Waals surface area contributed by atoms with Gasteiger partial charge in [0, 0.05) is 29.0 Å². The molecule has 2 aromatic rings. The van der Waals surface area contributed by atoms with Crippen LogP contribution in [-0.2, 0) is 13.0 Å². The van der Waals surface area contributed by atoms with E-state index < -0.39 is 0 Å². The van der Waals surface area contributed by atoms with Gasteiger partial charge in [-0.1, -0.05) is 29.8 Å². The van der Waals surface area contributed by atoms with Gasteiger partial charge in [0.25, 0.3) is 0 Å². The highest BCUT2D eigenvalue weighted by atomic mass is 35.5. The predicted octanol–water partition coefficient (Wildman–Crippen LogP) is 4.14. The van der Waals surface area contributed by atoms with E-state index in [1.54, 1.807) is 0 Å². The molecule has 1 unspecified atom stereocenters. The van der Waals surface area contributed by atoms with E-state index in [0.29, 0.717) is 6.04 Å². The standard InChI is InChI=1S/C17H19ClN2/c1-12-9-13-5-3-4-6-16(13)20(12)17-8-7-15(18)10-14(17)11-19-2/h3-8,10,12,19H,9,11H2,1-2H3. The van der Waals surface area contributed by atoms with Crippen LogP contribution in [-0.4, -0.2) is 13.1 Å². The molecule has 2 aromatic carbocycles. The molecular formula is C17H19ClN2. The van der Waals surface area contributed by atoms with Crippen LogP contribution in [0.15, 0.2) is 42.5 Å². The normalized spacial score (nSPS) is 17.4. The van der Waals surface area contributed by atoms with Gasteiger partial charge in [-0.2, -0.15) is 0 Å². The SMILES string of the molecule is CNCc1cc(Cl)ccc1N1c2ccccc2CC1C. The summed E-state index contributed by atoms with van der Waals surface area (Å²) in [4.78, 5) is 2.43. The fourth-order valence-electron chi connectivity index (χ4n) is 3.05. The molecule has 0 bridgehead atoms. The summed E-state index contributed by atoms with van der Waals surface area (Å²) in [6.45, 7) is 3.10. The molecule has 1 heterocycles. The first-order valence-corrected chi connectivity index (χ1v) is 7.38. The molecule has 0 amide bonds. The maximum Gasteiger partial charge on any atom is 0.0460 e. The Labute approximate surface area is 125 Å². The number of rotatable bonds is 3. The van der Waals surface area contributed by atoms with Crippen LogP contribution in [0.5, 0.6) is 0 Å². The molecule has 1 aliphatic heterocycles. The topological polar surface area (TPSA) is 15.3 Å². The van der Waals surface area contributed by atoms with Crippen molar-refractivity contribution in [1.82, 2.24) is 5.32 Å². The molecule has 0 aliphatic carbocycles. The summed E-state index contributed by atoms with van der Waals surface area (Å²) in [7, 11) is 1.96. The van der Waals surface area contributed by atoms with Crippen molar-refractivity contribution >= 4 is 23.0 Å². The molecule has 3 heteroatoms. The van der Waals surface area contributed by atoms with Gasteiger partial charge in [-0.3, -0.25) is 0 Å². The first kappa shape index (κ1) is 13.5. The van der Waals surface area contributed by atoms with Gasteiger partial charge in [-0.15, -0.1) is 0 Å². The van der Waals surface area contributed by atoms with Crippen LogP contribution in [0.1, 0.15) is 18.1 Å². The lowest BCUT2D eigenvalue weighted by molar-refractivity contribution is 0.746. The Bertz CT molecular complexity index is 624. The van der Waals surface area contributed by atoms with Crippen LogP contribution in [0.25, 0.3) is 0 Å². The van der Waals surface area contributed by atoms with Crippen molar-refractivity contribution in [2.75, 3.05) is 11.9 Å². The van der Waals surface area contributed by atoms with E-state index in [4.69, 9.17) is 11.6 Å². The number of hydrogen-bond donors (Lipinski definition) is 1. The average Bonchev–Trinajstić information content (AvgIpc) is 2.76. The lowest BCUT2D eigenvalue weighted by Gasteiger charge is -2.27. The van der Waals surface area contributed by atoms with Crippen LogP contribution < -0.4 is 10.2 Å². The Kier molecular flexibility index (Phi) is 3.68. The van der Waals surface area contributed by atoms with Gasteiger partial charge in [0.1, 0.15) is 0 Å². The second kappa shape index (κ2) is 5.47. The zero-order valence-corrected chi connectivity index (χ0v) is 12.6. The van der Waals surface area contributed by atoms with Gasteiger partial charge < -0.3 is 10.2 Å². The van der Waals surface area contributed by atoms with Crippen molar-refractivity contribution in [1.29, 1.82) is 0 Å². The zero-order chi connectivity index (χ0) is 14.1.